The van der Waals surface area contributed by atoms with Gasteiger partial charge in [-0.2, -0.15) is 0 Å². The van der Waals surface area contributed by atoms with Gasteiger partial charge in [0.05, 0.1) is 10.6 Å². The molecule has 0 saturated heterocycles. The molecule has 0 radical (unpaired) electrons. The van der Waals surface area contributed by atoms with E-state index in [1.54, 1.807) is 42.5 Å². The highest BCUT2D eigenvalue weighted by Crippen LogP contribution is 2.24. The number of nitrogens with zero attached hydrogens (tertiary/aromatic N) is 1. The number of anilines is 2. The number of amides is 1. The zero-order chi connectivity index (χ0) is 21.0. The molecule has 0 bridgehead atoms. The molecule has 0 atom stereocenters. The van der Waals surface area contributed by atoms with Gasteiger partial charge >= 0.3 is 0 Å². The number of benzene rings is 3. The maximum absolute atomic E-state index is 13.2. The molecular weight excluding hydrogens is 411 g/mol. The van der Waals surface area contributed by atoms with Crippen LogP contribution in [0.1, 0.15) is 10.4 Å². The van der Waals surface area contributed by atoms with Crippen LogP contribution in [0.25, 0.3) is 0 Å². The van der Waals surface area contributed by atoms with Gasteiger partial charge in [-0.25, -0.2) is 12.8 Å². The largest absolute Gasteiger partial charge is 0.322 e. The minimum absolute atomic E-state index is 0.186. The summed E-state index contributed by atoms with van der Waals surface area (Å²) in [4.78, 5) is 13.5. The molecule has 29 heavy (non-hydrogen) atoms. The number of nitrogens with one attached hydrogen (secondary N) is 1. The minimum atomic E-state index is -3.72. The Bertz CT molecular complexity index is 1120. The van der Waals surface area contributed by atoms with Crippen LogP contribution in [0.3, 0.4) is 0 Å². The predicted octanol–water partition coefficient (Wildman–Crippen LogP) is 4.63. The Kier molecular flexibility index (Phi) is 6.24. The molecule has 0 spiro atoms. The van der Waals surface area contributed by atoms with Crippen molar-refractivity contribution in [2.24, 2.45) is 0 Å². The highest BCUT2D eigenvalue weighted by molar-refractivity contribution is 7.98. The van der Waals surface area contributed by atoms with E-state index in [1.807, 2.05) is 6.26 Å². The molecule has 3 aromatic carbocycles. The fraction of sp³-hybridized carbons (Fsp3) is 0.0952. The fourth-order valence-electron chi connectivity index (χ4n) is 2.64. The molecule has 0 saturated carbocycles. The van der Waals surface area contributed by atoms with Gasteiger partial charge in [0.2, 0.25) is 0 Å². The summed E-state index contributed by atoms with van der Waals surface area (Å²) in [6.07, 6.45) is 1.92. The summed E-state index contributed by atoms with van der Waals surface area (Å²) in [5.41, 5.74) is 1.09. The third-order valence-corrected chi connectivity index (χ3v) is 6.84. The SMILES string of the molecule is CSc1ccc(S(=O)(=O)N(C)c2ccc(C(=O)Nc3cccc(F)c3)cc2)cc1. The van der Waals surface area contributed by atoms with E-state index in [4.69, 9.17) is 0 Å². The molecule has 0 aliphatic rings. The first kappa shape index (κ1) is 20.9. The van der Waals surface area contributed by atoms with Gasteiger partial charge in [-0.3, -0.25) is 9.10 Å². The molecule has 1 N–H and O–H groups in total. The molecule has 3 rings (SSSR count). The lowest BCUT2D eigenvalue weighted by Gasteiger charge is -2.20. The monoisotopic (exact) mass is 430 g/mol. The van der Waals surface area contributed by atoms with E-state index in [9.17, 15) is 17.6 Å². The molecule has 0 aromatic heterocycles. The van der Waals surface area contributed by atoms with E-state index in [-0.39, 0.29) is 4.90 Å². The molecule has 0 heterocycles. The van der Waals surface area contributed by atoms with Crippen LogP contribution in [0.2, 0.25) is 0 Å². The second-order valence-electron chi connectivity index (χ2n) is 6.16. The smallest absolute Gasteiger partial charge is 0.264 e. The van der Waals surface area contributed by atoms with Gasteiger partial charge in [-0.15, -0.1) is 11.8 Å². The normalized spacial score (nSPS) is 11.1. The molecule has 0 fully saturated rings. The van der Waals surface area contributed by atoms with Gasteiger partial charge in [0.25, 0.3) is 15.9 Å². The Hall–Kier alpha value is -2.84. The van der Waals surface area contributed by atoms with Crippen LogP contribution in [-0.4, -0.2) is 27.6 Å². The second-order valence-corrected chi connectivity index (χ2v) is 9.01. The van der Waals surface area contributed by atoms with Gasteiger partial charge < -0.3 is 5.32 Å². The zero-order valence-electron chi connectivity index (χ0n) is 15.8. The molecule has 0 unspecified atom stereocenters. The molecule has 8 heteroatoms. The summed E-state index contributed by atoms with van der Waals surface area (Å²) in [5, 5.41) is 2.60. The Labute approximate surface area is 173 Å². The molecule has 0 aliphatic carbocycles. The Morgan fingerprint density at radius 1 is 1.00 bits per heavy atom. The number of sulfonamides is 1. The van der Waals surface area contributed by atoms with E-state index < -0.39 is 21.7 Å². The summed E-state index contributed by atoms with van der Waals surface area (Å²) >= 11 is 1.53. The van der Waals surface area contributed by atoms with Crippen molar-refractivity contribution >= 4 is 39.1 Å². The van der Waals surface area contributed by atoms with E-state index in [0.717, 1.165) is 9.20 Å². The number of rotatable bonds is 6. The van der Waals surface area contributed by atoms with Crippen molar-refractivity contribution in [1.29, 1.82) is 0 Å². The molecule has 150 valence electrons. The number of thioether (sulfide) groups is 1. The number of carbonyl (C=O) groups excluding carboxylic acids is 1. The average molecular weight is 431 g/mol. The Morgan fingerprint density at radius 3 is 2.24 bits per heavy atom. The third-order valence-electron chi connectivity index (χ3n) is 4.29. The maximum Gasteiger partial charge on any atom is 0.264 e. The van der Waals surface area contributed by atoms with Crippen LogP contribution in [0, 0.1) is 5.82 Å². The van der Waals surface area contributed by atoms with Crippen LogP contribution in [0.15, 0.2) is 82.6 Å². The van der Waals surface area contributed by atoms with Crippen LogP contribution in [-0.2, 0) is 10.0 Å². The first-order valence-electron chi connectivity index (χ1n) is 8.61. The maximum atomic E-state index is 13.2. The van der Waals surface area contributed by atoms with Crippen molar-refractivity contribution in [2.45, 2.75) is 9.79 Å². The number of hydrogen-bond donors (Lipinski definition) is 1. The van der Waals surface area contributed by atoms with Crippen molar-refractivity contribution in [3.63, 3.8) is 0 Å². The number of carbonyl (C=O) groups is 1. The summed E-state index contributed by atoms with van der Waals surface area (Å²) in [6.45, 7) is 0. The highest BCUT2D eigenvalue weighted by atomic mass is 32.2. The molecule has 3 aromatic rings. The van der Waals surface area contributed by atoms with E-state index in [0.29, 0.717) is 16.9 Å². The van der Waals surface area contributed by atoms with Crippen molar-refractivity contribution < 1.29 is 17.6 Å². The average Bonchev–Trinajstić information content (AvgIpc) is 2.73. The van der Waals surface area contributed by atoms with E-state index in [2.05, 4.69) is 5.32 Å². The molecule has 5 nitrogen and oxygen atoms in total. The number of hydrogen-bond acceptors (Lipinski definition) is 4. The third kappa shape index (κ3) is 4.78. The van der Waals surface area contributed by atoms with Gasteiger partial charge in [0.15, 0.2) is 0 Å². The zero-order valence-corrected chi connectivity index (χ0v) is 17.4. The van der Waals surface area contributed by atoms with Crippen molar-refractivity contribution in [3.8, 4) is 0 Å². The molecule has 1 amide bonds. The lowest BCUT2D eigenvalue weighted by atomic mass is 10.2. The van der Waals surface area contributed by atoms with Crippen molar-refractivity contribution in [3.05, 3.63) is 84.2 Å². The van der Waals surface area contributed by atoms with Gasteiger partial charge in [-0.1, -0.05) is 6.07 Å². The first-order chi connectivity index (χ1) is 13.8. The summed E-state index contributed by atoms with van der Waals surface area (Å²) < 4.78 is 40.1. The van der Waals surface area contributed by atoms with Gasteiger partial charge in [-0.05, 0) is 73.0 Å². The van der Waals surface area contributed by atoms with Crippen LogP contribution in [0.4, 0.5) is 15.8 Å². The second kappa shape index (κ2) is 8.67. The first-order valence-corrected chi connectivity index (χ1v) is 11.3. The summed E-state index contributed by atoms with van der Waals surface area (Å²) in [6, 6.07) is 18.4. The van der Waals surface area contributed by atoms with Crippen molar-refractivity contribution in [2.75, 3.05) is 22.9 Å². The number of halogens is 1. The van der Waals surface area contributed by atoms with E-state index in [1.165, 1.54) is 49.1 Å². The Balaban J connectivity index is 1.76. The van der Waals surface area contributed by atoms with Gasteiger partial charge in [0, 0.05) is 23.2 Å². The topological polar surface area (TPSA) is 66.5 Å². The highest BCUT2D eigenvalue weighted by Gasteiger charge is 2.21. The lowest BCUT2D eigenvalue weighted by molar-refractivity contribution is 0.102. The Morgan fingerprint density at radius 2 is 1.66 bits per heavy atom. The predicted molar refractivity (Wildman–Crippen MR) is 115 cm³/mol. The van der Waals surface area contributed by atoms with Crippen molar-refractivity contribution in [1.82, 2.24) is 0 Å². The molecule has 0 aliphatic heterocycles. The van der Waals surface area contributed by atoms with Crippen LogP contribution in [0.5, 0.6) is 0 Å². The van der Waals surface area contributed by atoms with Gasteiger partial charge in [0.1, 0.15) is 5.82 Å². The van der Waals surface area contributed by atoms with Crippen LogP contribution >= 0.6 is 11.8 Å². The lowest BCUT2D eigenvalue weighted by Crippen LogP contribution is -2.26. The van der Waals surface area contributed by atoms with E-state index >= 15 is 0 Å². The molecular formula is C21H19FN2O3S2. The summed E-state index contributed by atoms with van der Waals surface area (Å²) in [5.74, 6) is -0.865. The quantitative estimate of drug-likeness (QED) is 0.579. The summed E-state index contributed by atoms with van der Waals surface area (Å²) in [7, 11) is -2.26. The standard InChI is InChI=1S/C21H19FN2O3S2/c1-24(29(26,27)20-12-10-19(28-2)11-13-20)18-8-6-15(7-9-18)21(25)23-17-5-3-4-16(22)14-17/h3-14H,1-2H3,(H,23,25). The van der Waals surface area contributed by atoms with Crippen LogP contribution < -0.4 is 9.62 Å². The minimum Gasteiger partial charge on any atom is -0.322 e. The fourth-order valence-corrected chi connectivity index (χ4v) is 4.24.